The number of alkyl halides is 2. The number of aromatic nitrogens is 1. The molecular formula is C24H20F2N2O6S. The highest BCUT2D eigenvalue weighted by molar-refractivity contribution is 7.07. The SMILES string of the molecule is COC(=O)[C@H]1[C@H]2c3ccccc3O[C@@]1(C)N=c1s/c(=C\c3ccc(OC(F)F)c(OC)c3)c(=O)n12. The van der Waals surface area contributed by atoms with Crippen LogP contribution >= 0.6 is 11.3 Å². The first-order valence-corrected chi connectivity index (χ1v) is 11.4. The maximum Gasteiger partial charge on any atom is 0.387 e. The van der Waals surface area contributed by atoms with Gasteiger partial charge in [-0.3, -0.25) is 14.2 Å². The summed E-state index contributed by atoms with van der Waals surface area (Å²) >= 11 is 1.14. The molecule has 35 heavy (non-hydrogen) atoms. The Labute approximate surface area is 201 Å². The van der Waals surface area contributed by atoms with E-state index in [2.05, 4.69) is 9.73 Å². The molecule has 2 aliphatic rings. The molecule has 0 spiro atoms. The lowest BCUT2D eigenvalue weighted by Crippen LogP contribution is -2.58. The van der Waals surface area contributed by atoms with E-state index >= 15 is 0 Å². The van der Waals surface area contributed by atoms with E-state index in [9.17, 15) is 18.4 Å². The lowest BCUT2D eigenvalue weighted by Gasteiger charge is -2.44. The number of hydrogen-bond donors (Lipinski definition) is 0. The van der Waals surface area contributed by atoms with Gasteiger partial charge >= 0.3 is 12.6 Å². The Kier molecular flexibility index (Phi) is 5.59. The average molecular weight is 502 g/mol. The van der Waals surface area contributed by atoms with Crippen molar-refractivity contribution in [3.05, 3.63) is 73.3 Å². The van der Waals surface area contributed by atoms with Gasteiger partial charge in [-0.25, -0.2) is 4.99 Å². The number of fused-ring (bicyclic) bond motifs is 6. The van der Waals surface area contributed by atoms with Crippen molar-refractivity contribution >= 4 is 23.4 Å². The van der Waals surface area contributed by atoms with Gasteiger partial charge < -0.3 is 18.9 Å². The van der Waals surface area contributed by atoms with Crippen molar-refractivity contribution in [3.8, 4) is 17.2 Å². The van der Waals surface area contributed by atoms with E-state index in [-0.39, 0.29) is 17.1 Å². The van der Waals surface area contributed by atoms with Crippen LogP contribution in [0, 0.1) is 5.92 Å². The van der Waals surface area contributed by atoms with Crippen molar-refractivity contribution in [3.63, 3.8) is 0 Å². The number of thiazole rings is 1. The zero-order chi connectivity index (χ0) is 24.9. The number of carbonyl (C=O) groups excluding carboxylic acids is 1. The van der Waals surface area contributed by atoms with Crippen LogP contribution in [-0.4, -0.2) is 37.1 Å². The van der Waals surface area contributed by atoms with E-state index < -0.39 is 30.3 Å². The second kappa shape index (κ2) is 8.49. The third-order valence-corrected chi connectivity index (χ3v) is 7.02. The Bertz CT molecular complexity index is 1500. The molecule has 0 fully saturated rings. The second-order valence-corrected chi connectivity index (χ2v) is 9.12. The first-order chi connectivity index (χ1) is 16.8. The maximum atomic E-state index is 13.6. The van der Waals surface area contributed by atoms with Gasteiger partial charge in [-0.05, 0) is 36.8 Å². The molecule has 5 rings (SSSR count). The minimum Gasteiger partial charge on any atom is -0.493 e. The van der Waals surface area contributed by atoms with Crippen LogP contribution in [0.4, 0.5) is 8.78 Å². The molecule has 8 nitrogen and oxygen atoms in total. The molecule has 0 saturated heterocycles. The molecule has 182 valence electrons. The predicted molar refractivity (Wildman–Crippen MR) is 122 cm³/mol. The summed E-state index contributed by atoms with van der Waals surface area (Å²) in [6.45, 7) is -1.30. The first-order valence-electron chi connectivity index (χ1n) is 10.6. The molecule has 0 aliphatic carbocycles. The second-order valence-electron chi connectivity index (χ2n) is 8.11. The van der Waals surface area contributed by atoms with Crippen LogP contribution in [0.15, 0.2) is 52.3 Å². The molecule has 0 amide bonds. The normalized spacial score (nSPS) is 22.5. The molecule has 1 aromatic heterocycles. The number of esters is 1. The van der Waals surface area contributed by atoms with Crippen LogP contribution in [0.3, 0.4) is 0 Å². The summed E-state index contributed by atoms with van der Waals surface area (Å²) in [5.41, 5.74) is -0.399. The standard InChI is InChI=1S/C24H20F2N2O6S/c1-24-18(21(30)32-3)19(13-6-4-5-7-14(13)34-24)28-20(29)17(35-23(28)27-24)11-12-8-9-15(33-22(25)26)16(10-12)31-2/h4-11,18-19,22H,1-3H3/b17-11-/t18-,19-,24-/m1/s1. The Morgan fingerprint density at radius 1 is 1.23 bits per heavy atom. The van der Waals surface area contributed by atoms with Crippen molar-refractivity contribution in [2.24, 2.45) is 10.9 Å². The van der Waals surface area contributed by atoms with Gasteiger partial charge in [0.2, 0.25) is 5.72 Å². The topological polar surface area (TPSA) is 88.4 Å². The fourth-order valence-corrected chi connectivity index (χ4v) is 5.65. The van der Waals surface area contributed by atoms with Gasteiger partial charge in [0.1, 0.15) is 11.7 Å². The van der Waals surface area contributed by atoms with Crippen molar-refractivity contribution in [1.82, 2.24) is 4.57 Å². The van der Waals surface area contributed by atoms with Gasteiger partial charge in [0, 0.05) is 5.56 Å². The van der Waals surface area contributed by atoms with Gasteiger partial charge in [0.15, 0.2) is 16.3 Å². The van der Waals surface area contributed by atoms with Crippen LogP contribution in [0.5, 0.6) is 17.2 Å². The lowest BCUT2D eigenvalue weighted by molar-refractivity contribution is -0.158. The molecule has 2 aliphatic heterocycles. The number of benzene rings is 2. The molecule has 2 aromatic carbocycles. The van der Waals surface area contributed by atoms with Crippen LogP contribution in [0.25, 0.3) is 6.08 Å². The molecule has 0 unspecified atom stereocenters. The number of hydrogen-bond acceptors (Lipinski definition) is 8. The summed E-state index contributed by atoms with van der Waals surface area (Å²) < 4.78 is 47.9. The quantitative estimate of drug-likeness (QED) is 0.498. The minimum atomic E-state index is -3.00. The fourth-order valence-electron chi connectivity index (χ4n) is 4.55. The van der Waals surface area contributed by atoms with Crippen LogP contribution in [0.2, 0.25) is 0 Å². The Morgan fingerprint density at radius 3 is 2.71 bits per heavy atom. The van der Waals surface area contributed by atoms with E-state index in [1.165, 1.54) is 37.0 Å². The number of carbonyl (C=O) groups is 1. The Hall–Kier alpha value is -3.73. The van der Waals surface area contributed by atoms with Crippen molar-refractivity contribution in [1.29, 1.82) is 0 Å². The minimum absolute atomic E-state index is 0.0987. The lowest BCUT2D eigenvalue weighted by atomic mass is 9.81. The zero-order valence-electron chi connectivity index (χ0n) is 18.9. The van der Waals surface area contributed by atoms with Crippen molar-refractivity contribution in [2.75, 3.05) is 14.2 Å². The molecule has 3 atom stereocenters. The van der Waals surface area contributed by atoms with Gasteiger partial charge in [0.05, 0.1) is 24.8 Å². The fraction of sp³-hybridized carbons (Fsp3) is 0.292. The monoisotopic (exact) mass is 502 g/mol. The van der Waals surface area contributed by atoms with Crippen LogP contribution in [0.1, 0.15) is 24.1 Å². The Morgan fingerprint density at radius 2 is 2.00 bits per heavy atom. The molecule has 0 N–H and O–H groups in total. The molecular weight excluding hydrogens is 482 g/mol. The average Bonchev–Trinajstić information content (AvgIpc) is 3.11. The highest BCUT2D eigenvalue weighted by atomic mass is 32.1. The number of rotatable bonds is 5. The summed E-state index contributed by atoms with van der Waals surface area (Å²) in [6.07, 6.45) is 1.61. The summed E-state index contributed by atoms with van der Waals surface area (Å²) in [7, 11) is 2.62. The van der Waals surface area contributed by atoms with Crippen LogP contribution < -0.4 is 29.1 Å². The highest BCUT2D eigenvalue weighted by Crippen LogP contribution is 2.47. The summed E-state index contributed by atoms with van der Waals surface area (Å²) in [5, 5.41) is 0. The van der Waals surface area contributed by atoms with Crippen LogP contribution in [-0.2, 0) is 9.53 Å². The predicted octanol–water partition coefficient (Wildman–Crippen LogP) is 2.47. The van der Waals surface area contributed by atoms with Crippen molar-refractivity contribution in [2.45, 2.75) is 25.3 Å². The third-order valence-electron chi connectivity index (χ3n) is 6.04. The summed E-state index contributed by atoms with van der Waals surface area (Å²) in [5.74, 6) is -0.891. The summed E-state index contributed by atoms with van der Waals surface area (Å²) in [4.78, 5) is 31.5. The molecule has 3 aromatic rings. The number of ether oxygens (including phenoxy) is 4. The zero-order valence-corrected chi connectivity index (χ0v) is 19.7. The van der Waals surface area contributed by atoms with E-state index in [0.717, 1.165) is 11.3 Å². The van der Waals surface area contributed by atoms with Gasteiger partial charge in [-0.2, -0.15) is 8.78 Å². The van der Waals surface area contributed by atoms with E-state index in [4.69, 9.17) is 14.2 Å². The Balaban J connectivity index is 1.69. The third kappa shape index (κ3) is 3.75. The number of nitrogens with zero attached hydrogens (tertiary/aromatic N) is 2. The van der Waals surface area contributed by atoms with E-state index in [0.29, 0.717) is 26.2 Å². The summed E-state index contributed by atoms with van der Waals surface area (Å²) in [6, 6.07) is 10.9. The molecule has 2 bridgehead atoms. The number of para-hydroxylation sites is 1. The number of methoxy groups -OCH3 is 2. The van der Waals surface area contributed by atoms with Gasteiger partial charge in [0.25, 0.3) is 5.56 Å². The smallest absolute Gasteiger partial charge is 0.387 e. The number of halogens is 2. The van der Waals surface area contributed by atoms with Gasteiger partial charge in [-0.1, -0.05) is 35.6 Å². The van der Waals surface area contributed by atoms with Crippen molar-refractivity contribution < 1.29 is 32.5 Å². The first kappa shape index (κ1) is 23.0. The maximum absolute atomic E-state index is 13.6. The largest absolute Gasteiger partial charge is 0.493 e. The van der Waals surface area contributed by atoms with E-state index in [1.807, 2.05) is 18.2 Å². The molecule has 0 saturated carbocycles. The van der Waals surface area contributed by atoms with Gasteiger partial charge in [-0.15, -0.1) is 0 Å². The van der Waals surface area contributed by atoms with E-state index in [1.54, 1.807) is 19.1 Å². The molecule has 3 heterocycles. The molecule has 0 radical (unpaired) electrons. The highest BCUT2D eigenvalue weighted by Gasteiger charge is 2.55. The molecule has 11 heteroatoms.